The topological polar surface area (TPSA) is 72.9 Å². The Labute approximate surface area is 208 Å². The first-order valence-corrected chi connectivity index (χ1v) is 12.1. The number of benzene rings is 2. The van der Waals surface area contributed by atoms with Gasteiger partial charge in [0.15, 0.2) is 11.5 Å². The van der Waals surface area contributed by atoms with Crippen molar-refractivity contribution in [1.29, 1.82) is 0 Å². The molecule has 0 saturated carbocycles. The van der Waals surface area contributed by atoms with Gasteiger partial charge in [0.05, 0.1) is 6.61 Å². The summed E-state index contributed by atoms with van der Waals surface area (Å²) in [6.07, 6.45) is 3.45. The van der Waals surface area contributed by atoms with Crippen LogP contribution in [0.15, 0.2) is 67.0 Å². The minimum absolute atomic E-state index is 0.190. The molecule has 0 radical (unpaired) electrons. The lowest BCUT2D eigenvalue weighted by molar-refractivity contribution is 0.0950. The maximum Gasteiger partial charge on any atom is 0.251 e. The lowest BCUT2D eigenvalue weighted by Crippen LogP contribution is -2.28. The van der Waals surface area contributed by atoms with Crippen molar-refractivity contribution in [2.75, 3.05) is 32.8 Å². The Kier molecular flexibility index (Phi) is 10.4. The molecule has 1 N–H and O–H groups in total. The van der Waals surface area contributed by atoms with Gasteiger partial charge in [-0.25, -0.2) is 0 Å². The van der Waals surface area contributed by atoms with Crippen molar-refractivity contribution in [3.63, 3.8) is 0 Å². The number of rotatable bonds is 14. The van der Waals surface area contributed by atoms with Crippen molar-refractivity contribution in [2.24, 2.45) is 0 Å². The largest absolute Gasteiger partial charge is 0.492 e. The molecule has 35 heavy (non-hydrogen) atoms. The summed E-state index contributed by atoms with van der Waals surface area (Å²) in [5.41, 5.74) is 2.44. The van der Waals surface area contributed by atoms with Crippen molar-refractivity contribution in [1.82, 2.24) is 15.2 Å². The van der Waals surface area contributed by atoms with Crippen LogP contribution < -0.4 is 19.5 Å². The van der Waals surface area contributed by atoms with E-state index in [0.29, 0.717) is 43.4 Å². The van der Waals surface area contributed by atoms with Gasteiger partial charge in [0.25, 0.3) is 5.91 Å². The minimum atomic E-state index is -0.190. The second-order valence-corrected chi connectivity index (χ2v) is 7.90. The van der Waals surface area contributed by atoms with Gasteiger partial charge < -0.3 is 24.4 Å². The van der Waals surface area contributed by atoms with E-state index in [1.165, 1.54) is 0 Å². The SMILES string of the molecule is CCOc1cc(C(=O)NCc2ccccc2OCCN(CC)CC)ccc1OCc1ccncc1. The lowest BCUT2D eigenvalue weighted by atomic mass is 10.1. The third kappa shape index (κ3) is 8.00. The predicted octanol–water partition coefficient (Wildman–Crippen LogP) is 4.71. The molecule has 186 valence electrons. The smallest absolute Gasteiger partial charge is 0.251 e. The van der Waals surface area contributed by atoms with Crippen LogP contribution in [0, 0.1) is 0 Å². The van der Waals surface area contributed by atoms with Gasteiger partial charge in [-0.3, -0.25) is 9.78 Å². The van der Waals surface area contributed by atoms with E-state index in [9.17, 15) is 4.79 Å². The second kappa shape index (κ2) is 14.0. The molecule has 7 heteroatoms. The van der Waals surface area contributed by atoms with Gasteiger partial charge in [0.2, 0.25) is 0 Å². The molecular weight excluding hydrogens is 442 g/mol. The molecular formula is C28H35N3O4. The Bertz CT molecular complexity index is 1060. The number of amides is 1. The molecule has 0 aliphatic carbocycles. The van der Waals surface area contributed by atoms with E-state index in [0.717, 1.165) is 36.5 Å². The predicted molar refractivity (Wildman–Crippen MR) is 137 cm³/mol. The number of hydrogen-bond acceptors (Lipinski definition) is 6. The number of carbonyl (C=O) groups is 1. The molecule has 2 aromatic carbocycles. The summed E-state index contributed by atoms with van der Waals surface area (Å²) in [5.74, 6) is 1.72. The quantitative estimate of drug-likeness (QED) is 0.363. The lowest BCUT2D eigenvalue weighted by Gasteiger charge is -2.19. The summed E-state index contributed by atoms with van der Waals surface area (Å²) in [7, 11) is 0. The molecule has 1 amide bonds. The second-order valence-electron chi connectivity index (χ2n) is 7.90. The Balaban J connectivity index is 1.61. The van der Waals surface area contributed by atoms with Gasteiger partial charge in [-0.1, -0.05) is 32.0 Å². The summed E-state index contributed by atoms with van der Waals surface area (Å²) in [6.45, 7) is 10.9. The molecule has 7 nitrogen and oxygen atoms in total. The maximum atomic E-state index is 12.9. The van der Waals surface area contributed by atoms with Crippen molar-refractivity contribution in [3.8, 4) is 17.2 Å². The molecule has 3 rings (SSSR count). The molecule has 0 atom stereocenters. The van der Waals surface area contributed by atoms with Crippen LogP contribution in [0.4, 0.5) is 0 Å². The summed E-state index contributed by atoms with van der Waals surface area (Å²) in [4.78, 5) is 19.2. The van der Waals surface area contributed by atoms with E-state index in [1.807, 2.05) is 43.3 Å². The molecule has 0 aliphatic rings. The van der Waals surface area contributed by atoms with Gasteiger partial charge in [-0.15, -0.1) is 0 Å². The van der Waals surface area contributed by atoms with E-state index < -0.39 is 0 Å². The van der Waals surface area contributed by atoms with Crippen LogP contribution in [-0.4, -0.2) is 48.6 Å². The molecule has 1 heterocycles. The number of nitrogens with zero attached hydrogens (tertiary/aromatic N) is 2. The van der Waals surface area contributed by atoms with Gasteiger partial charge in [0, 0.05) is 36.6 Å². The highest BCUT2D eigenvalue weighted by Gasteiger charge is 2.13. The van der Waals surface area contributed by atoms with Crippen LogP contribution in [0.25, 0.3) is 0 Å². The molecule has 0 unspecified atom stereocenters. The first-order chi connectivity index (χ1) is 17.1. The average Bonchev–Trinajstić information content (AvgIpc) is 2.90. The molecule has 0 fully saturated rings. The fourth-order valence-corrected chi connectivity index (χ4v) is 3.57. The fraction of sp³-hybridized carbons (Fsp3) is 0.357. The number of likely N-dealkylation sites (N-methyl/N-ethyl adjacent to an activating group) is 1. The van der Waals surface area contributed by atoms with Gasteiger partial charge in [-0.05, 0) is 62.0 Å². The monoisotopic (exact) mass is 477 g/mol. The Morgan fingerprint density at radius 3 is 2.40 bits per heavy atom. The van der Waals surface area contributed by atoms with Crippen LogP contribution in [-0.2, 0) is 13.2 Å². The number of hydrogen-bond donors (Lipinski definition) is 1. The van der Waals surface area contributed by atoms with Crippen LogP contribution in [0.1, 0.15) is 42.3 Å². The molecule has 0 saturated heterocycles. The van der Waals surface area contributed by atoms with Gasteiger partial charge >= 0.3 is 0 Å². The van der Waals surface area contributed by atoms with Crippen molar-refractivity contribution in [2.45, 2.75) is 33.9 Å². The molecule has 0 bridgehead atoms. The van der Waals surface area contributed by atoms with E-state index >= 15 is 0 Å². The Morgan fingerprint density at radius 1 is 0.886 bits per heavy atom. The van der Waals surface area contributed by atoms with E-state index in [4.69, 9.17) is 14.2 Å². The minimum Gasteiger partial charge on any atom is -0.492 e. The van der Waals surface area contributed by atoms with Crippen LogP contribution in [0.3, 0.4) is 0 Å². The number of ether oxygens (including phenoxy) is 3. The standard InChI is InChI=1S/C28H35N3O4/c1-4-31(5-2)17-18-34-25-10-8-7-9-24(25)20-30-28(32)23-11-12-26(27(19-23)33-6-3)35-21-22-13-15-29-16-14-22/h7-16,19H,4-6,17-18,20-21H2,1-3H3,(H,30,32). The van der Waals surface area contributed by atoms with Crippen molar-refractivity contribution < 1.29 is 19.0 Å². The zero-order valence-corrected chi connectivity index (χ0v) is 20.8. The third-order valence-corrected chi connectivity index (χ3v) is 5.62. The van der Waals surface area contributed by atoms with Crippen LogP contribution in [0.2, 0.25) is 0 Å². The van der Waals surface area contributed by atoms with E-state index in [2.05, 4.69) is 29.0 Å². The summed E-state index contributed by atoms with van der Waals surface area (Å²) in [5, 5.41) is 2.99. The molecule has 1 aromatic heterocycles. The number of pyridine rings is 1. The highest BCUT2D eigenvalue weighted by atomic mass is 16.5. The van der Waals surface area contributed by atoms with Gasteiger partial charge in [0.1, 0.15) is 19.0 Å². The highest BCUT2D eigenvalue weighted by Crippen LogP contribution is 2.29. The number of para-hydroxylation sites is 1. The summed E-state index contributed by atoms with van der Waals surface area (Å²) in [6, 6.07) is 16.8. The fourth-order valence-electron chi connectivity index (χ4n) is 3.57. The number of carbonyl (C=O) groups excluding carboxylic acids is 1. The van der Waals surface area contributed by atoms with E-state index in [1.54, 1.807) is 30.6 Å². The molecule has 0 aliphatic heterocycles. The van der Waals surface area contributed by atoms with Crippen molar-refractivity contribution in [3.05, 3.63) is 83.7 Å². The Morgan fingerprint density at radius 2 is 1.66 bits per heavy atom. The van der Waals surface area contributed by atoms with E-state index in [-0.39, 0.29) is 5.91 Å². The normalized spacial score (nSPS) is 10.7. The Hall–Kier alpha value is -3.58. The zero-order chi connectivity index (χ0) is 24.9. The zero-order valence-electron chi connectivity index (χ0n) is 20.8. The summed E-state index contributed by atoms with van der Waals surface area (Å²) < 4.78 is 17.7. The first-order valence-electron chi connectivity index (χ1n) is 12.1. The van der Waals surface area contributed by atoms with Crippen molar-refractivity contribution >= 4 is 5.91 Å². The average molecular weight is 478 g/mol. The maximum absolute atomic E-state index is 12.9. The first kappa shape index (κ1) is 26.0. The molecule has 0 spiro atoms. The third-order valence-electron chi connectivity index (χ3n) is 5.62. The van der Waals surface area contributed by atoms with Gasteiger partial charge in [-0.2, -0.15) is 0 Å². The number of aromatic nitrogens is 1. The molecule has 3 aromatic rings. The number of nitrogens with one attached hydrogen (secondary N) is 1. The van der Waals surface area contributed by atoms with Crippen LogP contribution >= 0.6 is 0 Å². The summed E-state index contributed by atoms with van der Waals surface area (Å²) >= 11 is 0. The van der Waals surface area contributed by atoms with Crippen LogP contribution in [0.5, 0.6) is 17.2 Å². The highest BCUT2D eigenvalue weighted by molar-refractivity contribution is 5.94.